The predicted molar refractivity (Wildman–Crippen MR) is 190 cm³/mol. The van der Waals surface area contributed by atoms with Gasteiger partial charge >= 0.3 is 0 Å². The summed E-state index contributed by atoms with van der Waals surface area (Å²) in [4.78, 5) is 26.0. The minimum Gasteiger partial charge on any atom is -0.497 e. The van der Waals surface area contributed by atoms with E-state index < -0.39 is 41.6 Å². The van der Waals surface area contributed by atoms with E-state index in [1.165, 1.54) is 24.3 Å². The second kappa shape index (κ2) is 14.1. The van der Waals surface area contributed by atoms with Crippen LogP contribution in [0.5, 0.6) is 11.5 Å². The predicted octanol–water partition coefficient (Wildman–Crippen LogP) is 4.08. The van der Waals surface area contributed by atoms with E-state index in [9.17, 15) is 20.1 Å². The van der Waals surface area contributed by atoms with Gasteiger partial charge in [-0.1, -0.05) is 72.8 Å². The fourth-order valence-corrected chi connectivity index (χ4v) is 7.00. The first-order valence-electron chi connectivity index (χ1n) is 16.4. The van der Waals surface area contributed by atoms with E-state index in [-0.39, 0.29) is 17.0 Å². The third-order valence-electron chi connectivity index (χ3n) is 9.67. The highest BCUT2D eigenvalue weighted by Gasteiger charge is 2.63. The lowest BCUT2D eigenvalue weighted by Crippen LogP contribution is -2.59. The van der Waals surface area contributed by atoms with Crippen molar-refractivity contribution >= 4 is 22.9 Å². The Hall–Kier alpha value is -5.70. The van der Waals surface area contributed by atoms with E-state index >= 15 is 0 Å². The molecule has 1 saturated heterocycles. The summed E-state index contributed by atoms with van der Waals surface area (Å²) in [7, 11) is 4.36. The van der Waals surface area contributed by atoms with Crippen LogP contribution >= 0.6 is 0 Å². The minimum absolute atomic E-state index is 0.130. The van der Waals surface area contributed by atoms with Crippen LogP contribution in [0.1, 0.15) is 33.3 Å². The van der Waals surface area contributed by atoms with Gasteiger partial charge < -0.3 is 39.6 Å². The summed E-state index contributed by atoms with van der Waals surface area (Å²) in [5.74, 6) is -1.52. The van der Waals surface area contributed by atoms with Gasteiger partial charge in [-0.3, -0.25) is 9.36 Å². The number of hydrogen-bond acceptors (Lipinski definition) is 11. The van der Waals surface area contributed by atoms with Gasteiger partial charge in [0, 0.05) is 12.7 Å². The van der Waals surface area contributed by atoms with Crippen molar-refractivity contribution in [1.29, 1.82) is 0 Å². The molecule has 266 valence electrons. The summed E-state index contributed by atoms with van der Waals surface area (Å²) in [6.45, 7) is 0. The Morgan fingerprint density at radius 1 is 0.827 bits per heavy atom. The van der Waals surface area contributed by atoms with Crippen LogP contribution in [0, 0.1) is 0 Å². The average Bonchev–Trinajstić information content (AvgIpc) is 3.75. The molecule has 0 aliphatic carbocycles. The maximum absolute atomic E-state index is 13.0. The lowest BCUT2D eigenvalue weighted by molar-refractivity contribution is -0.265. The zero-order valence-electron chi connectivity index (χ0n) is 28.5. The van der Waals surface area contributed by atoms with Gasteiger partial charge in [0.25, 0.3) is 5.91 Å². The van der Waals surface area contributed by atoms with E-state index in [4.69, 9.17) is 18.9 Å². The Kier molecular flexibility index (Phi) is 9.44. The van der Waals surface area contributed by atoms with Gasteiger partial charge in [-0.05, 0) is 53.1 Å². The highest BCUT2D eigenvalue weighted by molar-refractivity contribution is 6.06. The van der Waals surface area contributed by atoms with Gasteiger partial charge in [-0.15, -0.1) is 0 Å². The highest BCUT2D eigenvalue weighted by atomic mass is 16.7. The van der Waals surface area contributed by atoms with Crippen LogP contribution in [-0.4, -0.2) is 86.2 Å². The maximum atomic E-state index is 13.0. The Morgan fingerprint density at radius 2 is 1.38 bits per heavy atom. The number of imidazole rings is 1. The van der Waals surface area contributed by atoms with Crippen molar-refractivity contribution in [2.45, 2.75) is 35.7 Å². The number of rotatable bonds is 11. The maximum Gasteiger partial charge on any atom is 0.256 e. The molecule has 6 aromatic rings. The molecule has 1 aliphatic rings. The molecule has 0 radical (unpaired) electrons. The van der Waals surface area contributed by atoms with Crippen molar-refractivity contribution in [2.75, 3.05) is 26.6 Å². The number of fused-ring (bicyclic) bond motifs is 1. The fourth-order valence-electron chi connectivity index (χ4n) is 7.00. The third kappa shape index (κ3) is 5.74. The first-order valence-corrected chi connectivity index (χ1v) is 16.4. The van der Waals surface area contributed by atoms with Crippen molar-refractivity contribution in [2.24, 2.45) is 0 Å². The van der Waals surface area contributed by atoms with E-state index in [1.807, 2.05) is 54.6 Å². The molecule has 1 fully saturated rings. The van der Waals surface area contributed by atoms with Crippen molar-refractivity contribution in [3.05, 3.63) is 144 Å². The standard InChI is InChI=1S/C39H37N5O8/c1-49-28-18-14-26(15-19-28)38(25-12-8-5-9-13-25,27-16-20-29(50-2)21-17-27)31(45)33-39(48,51-3)32(46)37(52-33)44-23-42-30-34(40-22-41-35(30)44)43-36(47)24-10-6-4-7-11-24/h4-23,31-33,37,45-46,48H,1-3H3,(H,40,41,43,47)/t31?,32-,33+,37+,39+/m0/s1. The van der Waals surface area contributed by atoms with Crippen LogP contribution in [0.15, 0.2) is 122 Å². The number of aliphatic hydroxyl groups excluding tert-OH is 2. The van der Waals surface area contributed by atoms with Crippen LogP contribution in [0.25, 0.3) is 11.2 Å². The topological polar surface area (TPSA) is 170 Å². The van der Waals surface area contributed by atoms with E-state index in [0.29, 0.717) is 33.8 Å². The monoisotopic (exact) mass is 703 g/mol. The van der Waals surface area contributed by atoms with Gasteiger partial charge in [0.15, 0.2) is 29.3 Å². The minimum atomic E-state index is -2.45. The van der Waals surface area contributed by atoms with Crippen molar-refractivity contribution in [1.82, 2.24) is 19.5 Å². The molecule has 52 heavy (non-hydrogen) atoms. The van der Waals surface area contributed by atoms with Gasteiger partial charge in [0.05, 0.1) is 26.0 Å². The third-order valence-corrected chi connectivity index (χ3v) is 9.67. The van der Waals surface area contributed by atoms with Crippen LogP contribution in [-0.2, 0) is 14.9 Å². The Labute approximate surface area is 299 Å². The number of aromatic nitrogens is 4. The van der Waals surface area contributed by atoms with Crippen LogP contribution < -0.4 is 14.8 Å². The molecule has 1 amide bonds. The summed E-state index contributed by atoms with van der Waals surface area (Å²) >= 11 is 0. The smallest absolute Gasteiger partial charge is 0.256 e. The van der Waals surface area contributed by atoms with Gasteiger partial charge in [-0.2, -0.15) is 0 Å². The van der Waals surface area contributed by atoms with Gasteiger partial charge in [0.2, 0.25) is 5.79 Å². The van der Waals surface area contributed by atoms with Crippen LogP contribution in [0.4, 0.5) is 5.82 Å². The first-order chi connectivity index (χ1) is 25.3. The normalized spacial score (nSPS) is 20.8. The number of carbonyl (C=O) groups excluding carboxylic acids is 1. The van der Waals surface area contributed by atoms with Crippen molar-refractivity contribution in [3.8, 4) is 11.5 Å². The van der Waals surface area contributed by atoms with Crippen molar-refractivity contribution in [3.63, 3.8) is 0 Å². The number of benzene rings is 4. The molecule has 4 aromatic carbocycles. The molecule has 7 rings (SSSR count). The second-order valence-electron chi connectivity index (χ2n) is 12.3. The zero-order chi connectivity index (χ0) is 36.5. The second-order valence-corrected chi connectivity index (χ2v) is 12.3. The fraction of sp³-hybridized carbons (Fsp3) is 0.231. The molecule has 4 N–H and O–H groups in total. The van der Waals surface area contributed by atoms with Gasteiger partial charge in [0.1, 0.15) is 30.0 Å². The molecule has 3 heterocycles. The number of anilines is 1. The molecule has 1 aliphatic heterocycles. The average molecular weight is 704 g/mol. The molecule has 2 aromatic heterocycles. The molecule has 0 spiro atoms. The molecule has 13 heteroatoms. The molecule has 0 bridgehead atoms. The molecule has 13 nitrogen and oxygen atoms in total. The van der Waals surface area contributed by atoms with E-state index in [0.717, 1.165) is 0 Å². The summed E-state index contributed by atoms with van der Waals surface area (Å²) in [5.41, 5.74) is 1.34. The largest absolute Gasteiger partial charge is 0.497 e. The molecule has 0 saturated carbocycles. The number of ether oxygens (including phenoxy) is 4. The summed E-state index contributed by atoms with van der Waals surface area (Å²) < 4.78 is 24.4. The summed E-state index contributed by atoms with van der Waals surface area (Å²) in [5, 5.41) is 39.7. The number of nitrogens with zero attached hydrogens (tertiary/aromatic N) is 4. The van der Waals surface area contributed by atoms with Crippen LogP contribution in [0.3, 0.4) is 0 Å². The SMILES string of the molecule is COc1ccc(C(c2ccccc2)(c2ccc(OC)cc2)C(O)[C@H]2O[C@@H](n3cnc4c(NC(=O)c5ccccc5)ncnc43)[C@H](O)[C@@]2(O)OC)cc1. The Balaban J connectivity index is 1.34. The van der Waals surface area contributed by atoms with Crippen LogP contribution in [0.2, 0.25) is 0 Å². The Morgan fingerprint density at radius 3 is 1.94 bits per heavy atom. The number of amides is 1. The number of aliphatic hydroxyl groups is 3. The Bertz CT molecular complexity index is 2100. The summed E-state index contributed by atoms with van der Waals surface area (Å²) in [6.07, 6.45) is -3.70. The summed E-state index contributed by atoms with van der Waals surface area (Å²) in [6, 6.07) is 32.4. The number of methoxy groups -OCH3 is 3. The highest BCUT2D eigenvalue weighted by Crippen LogP contribution is 2.50. The van der Waals surface area contributed by atoms with E-state index in [2.05, 4.69) is 20.3 Å². The molecular weight excluding hydrogens is 666 g/mol. The number of hydrogen-bond donors (Lipinski definition) is 4. The van der Waals surface area contributed by atoms with Crippen molar-refractivity contribution < 1.29 is 39.1 Å². The zero-order valence-corrected chi connectivity index (χ0v) is 28.5. The number of nitrogens with one attached hydrogen (secondary N) is 1. The lowest BCUT2D eigenvalue weighted by atomic mass is 9.63. The molecule has 1 unspecified atom stereocenters. The number of carbonyl (C=O) groups is 1. The quantitative estimate of drug-likeness (QED) is 0.113. The van der Waals surface area contributed by atoms with Gasteiger partial charge in [-0.25, -0.2) is 15.0 Å². The van der Waals surface area contributed by atoms with E-state index in [1.54, 1.807) is 68.8 Å². The molecule has 5 atom stereocenters. The molecular formula is C39H37N5O8. The first kappa shape index (κ1) is 34.7. The lowest BCUT2D eigenvalue weighted by Gasteiger charge is -2.44.